The molecule has 0 fully saturated rings. The van der Waals surface area contributed by atoms with Crippen molar-refractivity contribution in [1.82, 2.24) is 10.6 Å². The minimum Gasteiger partial charge on any atom is -0.352 e. The van der Waals surface area contributed by atoms with Gasteiger partial charge in [-0.05, 0) is 43.9 Å². The van der Waals surface area contributed by atoms with E-state index in [4.69, 9.17) is 5.73 Å². The fourth-order valence-electron chi connectivity index (χ4n) is 2.55. The van der Waals surface area contributed by atoms with Crippen molar-refractivity contribution in [2.24, 2.45) is 11.1 Å². The summed E-state index contributed by atoms with van der Waals surface area (Å²) < 4.78 is 0. The summed E-state index contributed by atoms with van der Waals surface area (Å²) in [5.41, 5.74) is 6.81. The van der Waals surface area contributed by atoms with Crippen LogP contribution in [0.3, 0.4) is 0 Å². The summed E-state index contributed by atoms with van der Waals surface area (Å²) in [6, 6.07) is 7.48. The van der Waals surface area contributed by atoms with E-state index in [0.29, 0.717) is 31.5 Å². The highest BCUT2D eigenvalue weighted by Crippen LogP contribution is 2.25. The molecule has 5 heteroatoms. The summed E-state index contributed by atoms with van der Waals surface area (Å²) in [5.74, 6) is -0.111. The monoisotopic (exact) mass is 333 g/mol. The minimum absolute atomic E-state index is 0.0236. The molecule has 1 rings (SSSR count). The first-order valence-electron chi connectivity index (χ1n) is 8.80. The lowest BCUT2D eigenvalue weighted by Crippen LogP contribution is -2.45. The molecule has 4 N–H and O–H groups in total. The molecule has 0 aromatic heterocycles. The highest BCUT2D eigenvalue weighted by atomic mass is 16.2. The van der Waals surface area contributed by atoms with E-state index in [1.807, 2.05) is 45.9 Å². The first-order chi connectivity index (χ1) is 11.4. The first kappa shape index (κ1) is 20.2. The van der Waals surface area contributed by atoms with E-state index in [0.717, 1.165) is 12.0 Å². The number of nitrogens with two attached hydrogens (primary N) is 1. The van der Waals surface area contributed by atoms with Crippen LogP contribution in [0.4, 0.5) is 0 Å². The summed E-state index contributed by atoms with van der Waals surface area (Å²) in [6.07, 6.45) is 2.31. The Labute approximate surface area is 145 Å². The van der Waals surface area contributed by atoms with Gasteiger partial charge < -0.3 is 16.4 Å². The zero-order valence-electron chi connectivity index (χ0n) is 15.3. The number of benzene rings is 1. The molecule has 5 nitrogen and oxygen atoms in total. The van der Waals surface area contributed by atoms with Crippen LogP contribution in [0.15, 0.2) is 24.3 Å². The maximum absolute atomic E-state index is 12.5. The van der Waals surface area contributed by atoms with Gasteiger partial charge >= 0.3 is 0 Å². The molecule has 1 atom stereocenters. The molecule has 0 radical (unpaired) electrons. The van der Waals surface area contributed by atoms with Crippen LogP contribution in [0.5, 0.6) is 0 Å². The van der Waals surface area contributed by atoms with Crippen LogP contribution >= 0.6 is 0 Å². The molecule has 0 saturated heterocycles. The van der Waals surface area contributed by atoms with E-state index in [2.05, 4.69) is 10.6 Å². The van der Waals surface area contributed by atoms with Gasteiger partial charge in [-0.2, -0.15) is 0 Å². The predicted octanol–water partition coefficient (Wildman–Crippen LogP) is 2.60. The molecule has 0 aliphatic heterocycles. The predicted molar refractivity (Wildman–Crippen MR) is 97.6 cm³/mol. The number of carbonyl (C=O) groups excluding carboxylic acids is 2. The van der Waals surface area contributed by atoms with Gasteiger partial charge in [-0.25, -0.2) is 0 Å². The van der Waals surface area contributed by atoms with Crippen LogP contribution in [0.2, 0.25) is 0 Å². The lowest BCUT2D eigenvalue weighted by atomic mass is 9.81. The molecule has 134 valence electrons. The Balaban J connectivity index is 2.74. The smallest absolute Gasteiger partial charge is 0.251 e. The average Bonchev–Trinajstić information content (AvgIpc) is 2.62. The fraction of sp³-hybridized carbons (Fsp3) is 0.579. The zero-order valence-corrected chi connectivity index (χ0v) is 15.3. The van der Waals surface area contributed by atoms with Gasteiger partial charge in [0.25, 0.3) is 5.91 Å². The highest BCUT2D eigenvalue weighted by Gasteiger charge is 2.32. The second-order valence-corrected chi connectivity index (χ2v) is 6.36. The number of amides is 2. The molecular formula is C19H31N3O2. The van der Waals surface area contributed by atoms with Crippen LogP contribution in [0, 0.1) is 5.41 Å². The second kappa shape index (κ2) is 9.42. The van der Waals surface area contributed by atoms with Crippen LogP contribution in [-0.4, -0.2) is 24.4 Å². The third-order valence-electron chi connectivity index (χ3n) is 4.86. The van der Waals surface area contributed by atoms with Crippen molar-refractivity contribution >= 4 is 11.8 Å². The Kier molecular flexibility index (Phi) is 7.92. The Bertz CT molecular complexity index is 545. The largest absolute Gasteiger partial charge is 0.352 e. The molecule has 1 aromatic rings. The van der Waals surface area contributed by atoms with Crippen molar-refractivity contribution in [3.63, 3.8) is 0 Å². The Morgan fingerprint density at radius 3 is 2.42 bits per heavy atom. The lowest BCUT2D eigenvalue weighted by Gasteiger charge is -2.28. The summed E-state index contributed by atoms with van der Waals surface area (Å²) in [6.45, 7) is 8.70. The van der Waals surface area contributed by atoms with Crippen molar-refractivity contribution < 1.29 is 9.59 Å². The topological polar surface area (TPSA) is 84.2 Å². The number of hydrogen-bond acceptors (Lipinski definition) is 3. The Morgan fingerprint density at radius 2 is 1.88 bits per heavy atom. The van der Waals surface area contributed by atoms with Gasteiger partial charge in [0, 0.05) is 24.7 Å². The van der Waals surface area contributed by atoms with Crippen molar-refractivity contribution in [3.8, 4) is 0 Å². The van der Waals surface area contributed by atoms with Gasteiger partial charge in [0.15, 0.2) is 0 Å². The molecule has 0 spiro atoms. The van der Waals surface area contributed by atoms with Crippen LogP contribution < -0.4 is 16.4 Å². The average molecular weight is 333 g/mol. The number of rotatable bonds is 9. The fourth-order valence-corrected chi connectivity index (χ4v) is 2.55. The molecule has 0 aliphatic rings. The third-order valence-corrected chi connectivity index (χ3v) is 4.86. The number of hydrogen-bond donors (Lipinski definition) is 3. The van der Waals surface area contributed by atoms with Gasteiger partial charge in [-0.15, -0.1) is 0 Å². The summed E-state index contributed by atoms with van der Waals surface area (Å²) in [4.78, 5) is 24.7. The molecule has 0 aliphatic carbocycles. The molecule has 24 heavy (non-hydrogen) atoms. The first-order valence-corrected chi connectivity index (χ1v) is 8.80. The van der Waals surface area contributed by atoms with Crippen LogP contribution in [-0.2, 0) is 11.3 Å². The summed E-state index contributed by atoms with van der Waals surface area (Å²) in [5, 5.41) is 5.91. The van der Waals surface area contributed by atoms with Gasteiger partial charge in [-0.3, -0.25) is 9.59 Å². The summed E-state index contributed by atoms with van der Waals surface area (Å²) in [7, 11) is 0. The number of nitrogens with one attached hydrogen (secondary N) is 2. The lowest BCUT2D eigenvalue weighted by molar-refractivity contribution is -0.131. The molecular weight excluding hydrogens is 302 g/mol. The second-order valence-electron chi connectivity index (χ2n) is 6.36. The standard InChI is InChI=1S/C19H31N3O2/c1-5-14(4)22-17(23)16-10-8-9-15(11-16)12-21-18(24)19(6-2,7-3)13-20/h8-11,14H,5-7,12-13,20H2,1-4H3,(H,21,24)(H,22,23). The quantitative estimate of drug-likeness (QED) is 0.649. The molecule has 0 heterocycles. The van der Waals surface area contributed by atoms with E-state index < -0.39 is 5.41 Å². The molecule has 0 bridgehead atoms. The Morgan fingerprint density at radius 1 is 1.21 bits per heavy atom. The van der Waals surface area contributed by atoms with E-state index in [1.54, 1.807) is 6.07 Å². The van der Waals surface area contributed by atoms with Crippen LogP contribution in [0.1, 0.15) is 62.9 Å². The van der Waals surface area contributed by atoms with Gasteiger partial charge in [-0.1, -0.05) is 32.9 Å². The third kappa shape index (κ3) is 5.06. The Hall–Kier alpha value is -1.88. The van der Waals surface area contributed by atoms with Crippen molar-refractivity contribution in [3.05, 3.63) is 35.4 Å². The normalized spacial score (nSPS) is 12.5. The zero-order chi connectivity index (χ0) is 18.2. The maximum Gasteiger partial charge on any atom is 0.251 e. The van der Waals surface area contributed by atoms with Gasteiger partial charge in [0.2, 0.25) is 5.91 Å². The van der Waals surface area contributed by atoms with Gasteiger partial charge in [0.1, 0.15) is 0 Å². The summed E-state index contributed by atoms with van der Waals surface area (Å²) >= 11 is 0. The SMILES string of the molecule is CCC(C)NC(=O)c1cccc(CNC(=O)C(CC)(CC)CN)c1. The van der Waals surface area contributed by atoms with Crippen molar-refractivity contribution in [2.45, 2.75) is 59.5 Å². The highest BCUT2D eigenvalue weighted by molar-refractivity contribution is 5.94. The minimum atomic E-state index is -0.508. The molecule has 2 amide bonds. The maximum atomic E-state index is 12.5. The van der Waals surface area contributed by atoms with E-state index in [-0.39, 0.29) is 17.9 Å². The van der Waals surface area contributed by atoms with E-state index in [9.17, 15) is 9.59 Å². The molecule has 1 aromatic carbocycles. The van der Waals surface area contributed by atoms with Crippen molar-refractivity contribution in [2.75, 3.05) is 6.54 Å². The van der Waals surface area contributed by atoms with E-state index in [1.165, 1.54) is 0 Å². The molecule has 1 unspecified atom stereocenters. The van der Waals surface area contributed by atoms with E-state index >= 15 is 0 Å². The molecule has 0 saturated carbocycles. The van der Waals surface area contributed by atoms with Crippen molar-refractivity contribution in [1.29, 1.82) is 0 Å². The van der Waals surface area contributed by atoms with Crippen LogP contribution in [0.25, 0.3) is 0 Å². The van der Waals surface area contributed by atoms with Gasteiger partial charge in [0.05, 0.1) is 5.41 Å². The number of carbonyl (C=O) groups is 2.